The first-order valence-corrected chi connectivity index (χ1v) is 13.6. The Morgan fingerprint density at radius 3 is 2.62 bits per heavy atom. The lowest BCUT2D eigenvalue weighted by molar-refractivity contribution is -0.0786. The van der Waals surface area contributed by atoms with Crippen LogP contribution < -0.4 is 4.90 Å². The molecule has 3 aliphatic rings. The van der Waals surface area contributed by atoms with Gasteiger partial charge in [0.25, 0.3) is 0 Å². The van der Waals surface area contributed by atoms with Crippen molar-refractivity contribution in [2.75, 3.05) is 23.0 Å². The zero-order valence-corrected chi connectivity index (χ0v) is 20.5. The van der Waals surface area contributed by atoms with Gasteiger partial charge in [-0.15, -0.1) is 5.10 Å². The number of carbonyl (C=O) groups excluding carboxylic acids is 1. The molecule has 37 heavy (non-hydrogen) atoms. The molecule has 0 saturated carbocycles. The van der Waals surface area contributed by atoms with E-state index in [1.54, 1.807) is 28.2 Å². The van der Waals surface area contributed by atoms with Crippen LogP contribution in [0.1, 0.15) is 18.5 Å². The molecule has 1 N–H and O–H groups in total. The minimum atomic E-state index is -3.27. The van der Waals surface area contributed by atoms with E-state index >= 15 is 0 Å². The fraction of sp³-hybridized carbons (Fsp3) is 0.375. The summed E-state index contributed by atoms with van der Waals surface area (Å²) in [5.41, 5.74) is 2.27. The van der Waals surface area contributed by atoms with E-state index in [0.717, 1.165) is 16.8 Å². The second kappa shape index (κ2) is 8.92. The Balaban J connectivity index is 1.09. The van der Waals surface area contributed by atoms with Gasteiger partial charge >= 0.3 is 6.09 Å². The molecule has 192 valence electrons. The molecular weight excluding hydrogens is 500 g/mol. The van der Waals surface area contributed by atoms with Crippen molar-refractivity contribution in [3.63, 3.8) is 0 Å². The first-order chi connectivity index (χ1) is 17.8. The standard InChI is InChI=1S/C24H24N6O6S/c31-23-30(14-19(35-23)13-29-9-8-26-28-29)18-4-1-16(2-5-18)17-3-6-20(25-12-17)21-11-22(36-27-21)24(32)7-10-37(33,34)15-24/h1-6,8-9,12,19,22,32H,7,10-11,13-15H2/t19-,22?,24?/m0/s1. The second-order valence-corrected chi connectivity index (χ2v) is 11.7. The van der Waals surface area contributed by atoms with E-state index in [9.17, 15) is 18.3 Å². The van der Waals surface area contributed by atoms with Crippen molar-refractivity contribution >= 4 is 27.3 Å². The van der Waals surface area contributed by atoms with Crippen molar-refractivity contribution < 1.29 is 27.9 Å². The molecular formula is C24H24N6O6S. The molecule has 13 heteroatoms. The summed E-state index contributed by atoms with van der Waals surface area (Å²) in [6.07, 6.45) is 4.03. The number of benzene rings is 1. The fourth-order valence-electron chi connectivity index (χ4n) is 4.86. The van der Waals surface area contributed by atoms with Gasteiger partial charge in [-0.1, -0.05) is 28.6 Å². The van der Waals surface area contributed by atoms with Gasteiger partial charge in [0.05, 0.1) is 36.5 Å². The van der Waals surface area contributed by atoms with E-state index in [-0.39, 0.29) is 30.5 Å². The smallest absolute Gasteiger partial charge is 0.414 e. The minimum absolute atomic E-state index is 0.0487. The number of cyclic esters (lactones) is 1. The Morgan fingerprint density at radius 1 is 1.14 bits per heavy atom. The van der Waals surface area contributed by atoms with Crippen molar-refractivity contribution in [2.24, 2.45) is 5.16 Å². The molecule has 2 aromatic heterocycles. The monoisotopic (exact) mass is 524 g/mol. The SMILES string of the molecule is O=C1O[C@@H](Cn2ccnn2)CN1c1ccc(-c2ccc(C3=NOC(C4(O)CCS(=O)(=O)C4)C3)nc2)cc1. The summed E-state index contributed by atoms with van der Waals surface area (Å²) in [7, 11) is -3.27. The minimum Gasteiger partial charge on any atom is -0.442 e. The molecule has 2 fully saturated rings. The Labute approximate surface area is 212 Å². The average molecular weight is 525 g/mol. The van der Waals surface area contributed by atoms with Crippen molar-refractivity contribution in [3.05, 3.63) is 60.7 Å². The Morgan fingerprint density at radius 2 is 1.95 bits per heavy atom. The van der Waals surface area contributed by atoms with Crippen LogP contribution in [-0.4, -0.2) is 81.2 Å². The third kappa shape index (κ3) is 4.67. The number of hydrogen-bond acceptors (Lipinski definition) is 10. The molecule has 2 saturated heterocycles. The first-order valence-electron chi connectivity index (χ1n) is 11.8. The van der Waals surface area contributed by atoms with Crippen LogP contribution in [0.2, 0.25) is 0 Å². The number of carbonyl (C=O) groups is 1. The average Bonchev–Trinajstić information content (AvgIpc) is 3.68. The number of sulfone groups is 1. The Bertz CT molecular complexity index is 1440. The normalized spacial score (nSPS) is 26.7. The van der Waals surface area contributed by atoms with Gasteiger partial charge in [0.15, 0.2) is 15.9 Å². The lowest BCUT2D eigenvalue weighted by atomic mass is 9.92. The number of amides is 1. The Hall–Kier alpha value is -3.84. The van der Waals surface area contributed by atoms with E-state index in [0.29, 0.717) is 24.5 Å². The lowest BCUT2D eigenvalue weighted by Crippen LogP contribution is -2.43. The largest absolute Gasteiger partial charge is 0.442 e. The molecule has 3 aliphatic heterocycles. The highest BCUT2D eigenvalue weighted by Gasteiger charge is 2.50. The number of aliphatic hydroxyl groups is 1. The third-order valence-corrected chi connectivity index (χ3v) is 8.66. The zero-order valence-electron chi connectivity index (χ0n) is 19.7. The van der Waals surface area contributed by atoms with Crippen LogP contribution in [0.4, 0.5) is 10.5 Å². The molecule has 6 rings (SSSR count). The maximum Gasteiger partial charge on any atom is 0.414 e. The molecule has 0 aliphatic carbocycles. The van der Waals surface area contributed by atoms with Crippen LogP contribution in [0.15, 0.2) is 60.1 Å². The van der Waals surface area contributed by atoms with Gasteiger partial charge in [0, 0.05) is 30.1 Å². The summed E-state index contributed by atoms with van der Waals surface area (Å²) in [6, 6.07) is 11.3. The number of hydrogen-bond donors (Lipinski definition) is 1. The first kappa shape index (κ1) is 23.6. The highest BCUT2D eigenvalue weighted by molar-refractivity contribution is 7.91. The van der Waals surface area contributed by atoms with Gasteiger partial charge in [-0.3, -0.25) is 9.88 Å². The molecule has 1 aromatic carbocycles. The molecule has 0 bridgehead atoms. The van der Waals surface area contributed by atoms with Gasteiger partial charge in [-0.05, 0) is 30.2 Å². The van der Waals surface area contributed by atoms with Gasteiger partial charge < -0.3 is 14.7 Å². The number of pyridine rings is 1. The zero-order chi connectivity index (χ0) is 25.6. The van der Waals surface area contributed by atoms with E-state index in [4.69, 9.17) is 9.57 Å². The van der Waals surface area contributed by atoms with E-state index in [1.807, 2.05) is 36.4 Å². The molecule has 3 aromatic rings. The van der Waals surface area contributed by atoms with E-state index in [1.165, 1.54) is 0 Å². The number of anilines is 1. The van der Waals surface area contributed by atoms with Gasteiger partial charge in [-0.2, -0.15) is 0 Å². The molecule has 3 atom stereocenters. The molecule has 1 amide bonds. The second-order valence-electron chi connectivity index (χ2n) is 9.50. The molecule has 5 heterocycles. The van der Waals surface area contributed by atoms with Crippen LogP contribution in [0, 0.1) is 0 Å². The maximum absolute atomic E-state index is 12.4. The highest BCUT2D eigenvalue weighted by Crippen LogP contribution is 2.34. The summed E-state index contributed by atoms with van der Waals surface area (Å²) < 4.78 is 30.7. The third-order valence-electron chi connectivity index (χ3n) is 6.89. The topological polar surface area (TPSA) is 149 Å². The summed E-state index contributed by atoms with van der Waals surface area (Å²) in [5, 5.41) is 22.5. The van der Waals surface area contributed by atoms with Crippen LogP contribution in [0.25, 0.3) is 11.1 Å². The Kier molecular flexibility index (Phi) is 5.68. The van der Waals surface area contributed by atoms with Gasteiger partial charge in [0.1, 0.15) is 17.4 Å². The maximum atomic E-state index is 12.4. The number of oxime groups is 1. The quantitative estimate of drug-likeness (QED) is 0.505. The van der Waals surface area contributed by atoms with E-state index in [2.05, 4.69) is 20.5 Å². The van der Waals surface area contributed by atoms with Crippen LogP contribution in [-0.2, 0) is 26.0 Å². The molecule has 12 nitrogen and oxygen atoms in total. The van der Waals surface area contributed by atoms with Crippen LogP contribution >= 0.6 is 0 Å². The van der Waals surface area contributed by atoms with Gasteiger partial charge in [0.2, 0.25) is 0 Å². The van der Waals surface area contributed by atoms with E-state index < -0.39 is 27.6 Å². The summed E-state index contributed by atoms with van der Waals surface area (Å²) in [5.74, 6) is -0.361. The predicted molar refractivity (Wildman–Crippen MR) is 132 cm³/mol. The molecule has 2 unspecified atom stereocenters. The fourth-order valence-corrected chi connectivity index (χ4v) is 6.76. The number of rotatable bonds is 6. The van der Waals surface area contributed by atoms with Gasteiger partial charge in [-0.25, -0.2) is 17.9 Å². The summed E-state index contributed by atoms with van der Waals surface area (Å²) >= 11 is 0. The summed E-state index contributed by atoms with van der Waals surface area (Å²) in [6.45, 7) is 0.855. The number of ether oxygens (including phenoxy) is 1. The lowest BCUT2D eigenvalue weighted by Gasteiger charge is -2.25. The number of nitrogens with zero attached hydrogens (tertiary/aromatic N) is 6. The number of aromatic nitrogens is 4. The van der Waals surface area contributed by atoms with Crippen molar-refractivity contribution in [3.8, 4) is 11.1 Å². The molecule has 0 radical (unpaired) electrons. The van der Waals surface area contributed by atoms with Crippen molar-refractivity contribution in [1.29, 1.82) is 0 Å². The predicted octanol–water partition coefficient (Wildman–Crippen LogP) is 1.41. The van der Waals surface area contributed by atoms with Crippen molar-refractivity contribution in [2.45, 2.75) is 37.2 Å². The van der Waals surface area contributed by atoms with Crippen molar-refractivity contribution in [1.82, 2.24) is 20.0 Å². The highest BCUT2D eigenvalue weighted by atomic mass is 32.2. The van der Waals surface area contributed by atoms with Crippen LogP contribution in [0.3, 0.4) is 0 Å². The molecule has 0 spiro atoms. The summed E-state index contributed by atoms with van der Waals surface area (Å²) in [4.78, 5) is 23.9. The van der Waals surface area contributed by atoms with Crippen LogP contribution in [0.5, 0.6) is 0 Å².